The lowest BCUT2D eigenvalue weighted by molar-refractivity contribution is -0.143. The first-order valence-electron chi connectivity index (χ1n) is 10.2. The van der Waals surface area contributed by atoms with Gasteiger partial charge in [0.25, 0.3) is 0 Å². The van der Waals surface area contributed by atoms with E-state index in [4.69, 9.17) is 14.3 Å². The molecule has 2 rings (SSSR count). The standard InChI is InChI=1S/C11H22OSi.C10H17NO4/c1-11(2,3)13(4,5)12-10-8-6-7-9-10;1-6(12)11-9(10(13)14)7-3-4-8(5-7)15-2/h6-7,10H,8-9H2,1-5H3;7-9H,3-5H2,1-2H3,(H,11,12)(H,13,14)/t;7-,8-,9?/m.1/s1. The highest BCUT2D eigenvalue weighted by Gasteiger charge is 2.39. The number of hydrogen-bond acceptors (Lipinski definition) is 4. The summed E-state index contributed by atoms with van der Waals surface area (Å²) in [4.78, 5) is 21.8. The summed E-state index contributed by atoms with van der Waals surface area (Å²) in [6.07, 6.45) is 9.66. The number of carbonyl (C=O) groups is 2. The summed E-state index contributed by atoms with van der Waals surface area (Å²) >= 11 is 0. The molecule has 0 spiro atoms. The number of methoxy groups -OCH3 is 1. The molecule has 2 N–H and O–H groups in total. The third-order valence-corrected chi connectivity index (χ3v) is 10.6. The van der Waals surface area contributed by atoms with Gasteiger partial charge in [0.2, 0.25) is 5.91 Å². The molecule has 162 valence electrons. The predicted molar refractivity (Wildman–Crippen MR) is 114 cm³/mol. The summed E-state index contributed by atoms with van der Waals surface area (Å²) in [6.45, 7) is 12.9. The average molecular weight is 414 g/mol. The van der Waals surface area contributed by atoms with Gasteiger partial charge in [-0.15, -0.1) is 0 Å². The maximum Gasteiger partial charge on any atom is 0.326 e. The minimum Gasteiger partial charge on any atom is -0.480 e. The van der Waals surface area contributed by atoms with Gasteiger partial charge in [0.15, 0.2) is 8.32 Å². The van der Waals surface area contributed by atoms with Gasteiger partial charge >= 0.3 is 5.97 Å². The van der Waals surface area contributed by atoms with Crippen LogP contribution in [-0.4, -0.2) is 50.7 Å². The van der Waals surface area contributed by atoms with Gasteiger partial charge in [-0.2, -0.15) is 0 Å². The molecular weight excluding hydrogens is 374 g/mol. The molecule has 0 bridgehead atoms. The van der Waals surface area contributed by atoms with Crippen molar-refractivity contribution < 1.29 is 23.9 Å². The van der Waals surface area contributed by atoms with Gasteiger partial charge in [-0.3, -0.25) is 4.79 Å². The van der Waals surface area contributed by atoms with Crippen LogP contribution in [0.2, 0.25) is 18.1 Å². The Bertz CT molecular complexity index is 547. The molecule has 7 heteroatoms. The van der Waals surface area contributed by atoms with Crippen molar-refractivity contribution in [1.29, 1.82) is 0 Å². The van der Waals surface area contributed by atoms with Crippen LogP contribution in [0, 0.1) is 5.92 Å². The Kier molecular flexibility index (Phi) is 9.37. The Morgan fingerprint density at radius 2 is 1.71 bits per heavy atom. The Labute approximate surface area is 171 Å². The van der Waals surface area contributed by atoms with Crippen LogP contribution < -0.4 is 5.32 Å². The topological polar surface area (TPSA) is 84.9 Å². The van der Waals surface area contributed by atoms with E-state index in [2.05, 4.69) is 51.3 Å². The van der Waals surface area contributed by atoms with Crippen LogP contribution in [-0.2, 0) is 18.8 Å². The molecule has 0 radical (unpaired) electrons. The molecule has 0 aliphatic heterocycles. The van der Waals surface area contributed by atoms with Crippen molar-refractivity contribution in [1.82, 2.24) is 5.32 Å². The second kappa shape index (κ2) is 10.6. The van der Waals surface area contributed by atoms with Crippen molar-refractivity contribution in [2.45, 2.75) is 96.2 Å². The molecule has 1 fully saturated rings. The van der Waals surface area contributed by atoms with E-state index >= 15 is 0 Å². The minimum atomic E-state index is -1.51. The van der Waals surface area contributed by atoms with Crippen molar-refractivity contribution in [2.75, 3.05) is 7.11 Å². The van der Waals surface area contributed by atoms with E-state index in [1.807, 2.05) is 0 Å². The third-order valence-electron chi connectivity index (χ3n) is 6.09. The van der Waals surface area contributed by atoms with E-state index in [9.17, 15) is 9.59 Å². The molecule has 1 unspecified atom stereocenters. The molecule has 0 aromatic heterocycles. The first kappa shape index (κ1) is 24.9. The van der Waals surface area contributed by atoms with Crippen molar-refractivity contribution in [3.63, 3.8) is 0 Å². The molecule has 0 aromatic carbocycles. The molecule has 2 aliphatic rings. The van der Waals surface area contributed by atoms with Gasteiger partial charge in [-0.05, 0) is 56.2 Å². The highest BCUT2D eigenvalue weighted by Crippen LogP contribution is 2.38. The molecule has 2 aliphatic carbocycles. The van der Waals surface area contributed by atoms with Crippen LogP contribution in [0.5, 0.6) is 0 Å². The summed E-state index contributed by atoms with van der Waals surface area (Å²) in [5.41, 5.74) is 0. The van der Waals surface area contributed by atoms with Gasteiger partial charge in [-0.25, -0.2) is 4.79 Å². The van der Waals surface area contributed by atoms with Crippen molar-refractivity contribution in [2.24, 2.45) is 5.92 Å². The zero-order valence-electron chi connectivity index (χ0n) is 18.6. The monoisotopic (exact) mass is 413 g/mol. The van der Waals surface area contributed by atoms with Gasteiger partial charge in [0, 0.05) is 14.0 Å². The number of nitrogens with one attached hydrogen (secondary N) is 1. The molecule has 28 heavy (non-hydrogen) atoms. The molecule has 0 aromatic rings. The van der Waals surface area contributed by atoms with Crippen LogP contribution in [0.3, 0.4) is 0 Å². The summed E-state index contributed by atoms with van der Waals surface area (Å²) in [5.74, 6) is -1.29. The van der Waals surface area contributed by atoms with Crippen molar-refractivity contribution in [3.8, 4) is 0 Å². The Morgan fingerprint density at radius 3 is 2.11 bits per heavy atom. The van der Waals surface area contributed by atoms with E-state index in [0.717, 1.165) is 25.7 Å². The number of aliphatic carboxylic acids is 1. The largest absolute Gasteiger partial charge is 0.480 e. The number of ether oxygens (including phenoxy) is 1. The number of hydrogen-bond donors (Lipinski definition) is 2. The fourth-order valence-corrected chi connectivity index (χ4v) is 4.75. The molecular formula is C21H39NO5Si. The van der Waals surface area contributed by atoms with Gasteiger partial charge in [-0.1, -0.05) is 32.9 Å². The first-order chi connectivity index (χ1) is 12.9. The maximum atomic E-state index is 11.0. The quantitative estimate of drug-likeness (QED) is 0.505. The average Bonchev–Trinajstić information content (AvgIpc) is 3.22. The zero-order chi connectivity index (χ0) is 21.5. The van der Waals surface area contributed by atoms with E-state index in [0.29, 0.717) is 17.6 Å². The van der Waals surface area contributed by atoms with E-state index < -0.39 is 20.3 Å². The van der Waals surface area contributed by atoms with Crippen LogP contribution in [0.15, 0.2) is 12.2 Å². The van der Waals surface area contributed by atoms with Gasteiger partial charge in [0.05, 0.1) is 12.2 Å². The summed E-state index contributed by atoms with van der Waals surface area (Å²) in [7, 11) is 0.116. The van der Waals surface area contributed by atoms with E-state index in [-0.39, 0.29) is 17.9 Å². The summed E-state index contributed by atoms with van der Waals surface area (Å²) < 4.78 is 11.4. The number of rotatable bonds is 6. The zero-order valence-corrected chi connectivity index (χ0v) is 19.6. The third kappa shape index (κ3) is 7.68. The first-order valence-corrected chi connectivity index (χ1v) is 13.1. The normalized spacial score (nSPS) is 23.8. The highest BCUT2D eigenvalue weighted by atomic mass is 28.4. The molecule has 1 saturated carbocycles. The van der Waals surface area contributed by atoms with Gasteiger partial charge < -0.3 is 19.6 Å². The second-order valence-corrected chi connectivity index (χ2v) is 14.1. The fourth-order valence-electron chi connectivity index (χ4n) is 3.37. The lowest BCUT2D eigenvalue weighted by atomic mass is 9.98. The lowest BCUT2D eigenvalue weighted by Gasteiger charge is -2.38. The van der Waals surface area contributed by atoms with E-state index in [1.54, 1.807) is 7.11 Å². The van der Waals surface area contributed by atoms with Crippen molar-refractivity contribution in [3.05, 3.63) is 12.2 Å². The van der Waals surface area contributed by atoms with Crippen molar-refractivity contribution >= 4 is 20.2 Å². The smallest absolute Gasteiger partial charge is 0.326 e. The fraction of sp³-hybridized carbons (Fsp3) is 0.810. The maximum absolute atomic E-state index is 11.0. The Morgan fingerprint density at radius 1 is 1.14 bits per heavy atom. The number of carboxylic acid groups (broad SMARTS) is 1. The molecule has 0 heterocycles. The molecule has 0 saturated heterocycles. The summed E-state index contributed by atoms with van der Waals surface area (Å²) in [5, 5.41) is 11.8. The second-order valence-electron chi connectivity index (χ2n) is 9.39. The summed E-state index contributed by atoms with van der Waals surface area (Å²) in [6, 6.07) is -0.775. The predicted octanol–water partition coefficient (Wildman–Crippen LogP) is 4.12. The highest BCUT2D eigenvalue weighted by molar-refractivity contribution is 6.74. The van der Waals surface area contributed by atoms with Crippen LogP contribution in [0.1, 0.15) is 59.8 Å². The van der Waals surface area contributed by atoms with Crippen LogP contribution >= 0.6 is 0 Å². The SMILES string of the molecule is CC(C)(C)[Si](C)(C)OC1CC=CC1.CO[C@@H]1CC[C@@H](C(NC(C)=O)C(=O)O)C1. The number of carbonyl (C=O) groups excluding carboxylic acids is 1. The van der Waals surface area contributed by atoms with Crippen LogP contribution in [0.4, 0.5) is 0 Å². The molecule has 6 nitrogen and oxygen atoms in total. The minimum absolute atomic E-state index is 0.0173. The van der Waals surface area contributed by atoms with Crippen LogP contribution in [0.25, 0.3) is 0 Å². The number of carboxylic acids is 1. The number of amides is 1. The molecule has 3 atom stereocenters. The lowest BCUT2D eigenvalue weighted by Crippen LogP contribution is -2.44. The Balaban J connectivity index is 0.000000283. The van der Waals surface area contributed by atoms with E-state index in [1.165, 1.54) is 6.92 Å². The Hall–Kier alpha value is -1.18. The van der Waals surface area contributed by atoms with Gasteiger partial charge in [0.1, 0.15) is 6.04 Å². The molecule has 1 amide bonds.